The SMILES string of the molecule is COC1=C(C(C)C)C(C)(C)c2cc(O)cc(C)c21. The van der Waals surface area contributed by atoms with Gasteiger partial charge < -0.3 is 9.84 Å². The van der Waals surface area contributed by atoms with E-state index in [1.807, 2.05) is 13.0 Å². The summed E-state index contributed by atoms with van der Waals surface area (Å²) < 4.78 is 5.67. The van der Waals surface area contributed by atoms with E-state index in [4.69, 9.17) is 4.74 Å². The molecule has 1 N–H and O–H groups in total. The van der Waals surface area contributed by atoms with Gasteiger partial charge in [-0.05, 0) is 41.7 Å². The van der Waals surface area contributed by atoms with E-state index in [-0.39, 0.29) is 5.41 Å². The van der Waals surface area contributed by atoms with Crippen molar-refractivity contribution >= 4 is 5.76 Å². The molecule has 0 fully saturated rings. The number of ether oxygens (including phenoxy) is 1. The van der Waals surface area contributed by atoms with Crippen molar-refractivity contribution in [3.63, 3.8) is 0 Å². The fourth-order valence-electron chi connectivity index (χ4n) is 3.32. The summed E-state index contributed by atoms with van der Waals surface area (Å²) in [7, 11) is 1.73. The predicted octanol–water partition coefficient (Wildman–Crippen LogP) is 4.01. The van der Waals surface area contributed by atoms with Crippen LogP contribution in [0.1, 0.15) is 44.4 Å². The first-order chi connectivity index (χ1) is 8.30. The number of benzene rings is 1. The molecular formula is C16H22O2. The molecule has 98 valence electrons. The summed E-state index contributed by atoms with van der Waals surface area (Å²) in [5, 5.41) is 9.83. The Balaban J connectivity index is 2.80. The van der Waals surface area contributed by atoms with E-state index in [1.54, 1.807) is 13.2 Å². The molecule has 0 bridgehead atoms. The zero-order chi connectivity index (χ0) is 13.7. The second kappa shape index (κ2) is 4.04. The number of phenols is 1. The Hall–Kier alpha value is -1.44. The average molecular weight is 246 g/mol. The Kier molecular flexibility index (Phi) is 2.92. The molecule has 0 atom stereocenters. The van der Waals surface area contributed by atoms with Crippen molar-refractivity contribution in [1.82, 2.24) is 0 Å². The normalized spacial score (nSPS) is 17.3. The number of hydrogen-bond acceptors (Lipinski definition) is 2. The van der Waals surface area contributed by atoms with Crippen LogP contribution in [0.3, 0.4) is 0 Å². The summed E-state index contributed by atoms with van der Waals surface area (Å²) in [6.07, 6.45) is 0. The van der Waals surface area contributed by atoms with E-state index in [1.165, 1.54) is 11.1 Å². The molecule has 1 aromatic carbocycles. The number of methoxy groups -OCH3 is 1. The highest BCUT2D eigenvalue weighted by Gasteiger charge is 2.41. The Bertz CT molecular complexity index is 522. The van der Waals surface area contributed by atoms with Gasteiger partial charge in [-0.2, -0.15) is 0 Å². The van der Waals surface area contributed by atoms with E-state index < -0.39 is 0 Å². The zero-order valence-electron chi connectivity index (χ0n) is 12.1. The van der Waals surface area contributed by atoms with Gasteiger partial charge in [-0.3, -0.25) is 0 Å². The number of hydrogen-bond donors (Lipinski definition) is 1. The molecule has 0 aliphatic heterocycles. The molecule has 1 aromatic rings. The summed E-state index contributed by atoms with van der Waals surface area (Å²) in [5.74, 6) is 1.74. The van der Waals surface area contributed by atoms with Gasteiger partial charge in [0.25, 0.3) is 0 Å². The number of allylic oxidation sites excluding steroid dienone is 1. The highest BCUT2D eigenvalue weighted by Crippen LogP contribution is 2.51. The van der Waals surface area contributed by atoms with Crippen molar-refractivity contribution < 1.29 is 9.84 Å². The van der Waals surface area contributed by atoms with Gasteiger partial charge in [0.1, 0.15) is 11.5 Å². The van der Waals surface area contributed by atoms with Crippen molar-refractivity contribution in [2.75, 3.05) is 7.11 Å². The summed E-state index contributed by atoms with van der Waals surface area (Å²) in [5.41, 5.74) is 4.63. The molecule has 1 aliphatic rings. The van der Waals surface area contributed by atoms with Gasteiger partial charge in [0.2, 0.25) is 0 Å². The Morgan fingerprint density at radius 3 is 2.33 bits per heavy atom. The number of aromatic hydroxyl groups is 1. The van der Waals surface area contributed by atoms with E-state index in [0.717, 1.165) is 16.9 Å². The Labute approximate surface area is 109 Å². The largest absolute Gasteiger partial charge is 0.508 e. The van der Waals surface area contributed by atoms with E-state index >= 15 is 0 Å². The van der Waals surface area contributed by atoms with Crippen molar-refractivity contribution in [2.45, 2.75) is 40.0 Å². The fraction of sp³-hybridized carbons (Fsp3) is 0.500. The van der Waals surface area contributed by atoms with Crippen LogP contribution in [0.2, 0.25) is 0 Å². The first kappa shape index (κ1) is 13.0. The smallest absolute Gasteiger partial charge is 0.126 e. The first-order valence-corrected chi connectivity index (χ1v) is 6.43. The number of rotatable bonds is 2. The third-order valence-electron chi connectivity index (χ3n) is 3.92. The maximum atomic E-state index is 9.83. The van der Waals surface area contributed by atoms with Crippen LogP contribution in [-0.4, -0.2) is 12.2 Å². The number of fused-ring (bicyclic) bond motifs is 1. The molecule has 2 rings (SSSR count). The zero-order valence-corrected chi connectivity index (χ0v) is 12.1. The minimum absolute atomic E-state index is 0.0850. The third-order valence-corrected chi connectivity index (χ3v) is 3.92. The second-order valence-corrected chi connectivity index (χ2v) is 5.91. The Morgan fingerprint density at radius 2 is 1.83 bits per heavy atom. The van der Waals surface area contributed by atoms with Crippen molar-refractivity contribution in [3.8, 4) is 5.75 Å². The third kappa shape index (κ3) is 1.63. The highest BCUT2D eigenvalue weighted by atomic mass is 16.5. The summed E-state index contributed by atoms with van der Waals surface area (Å²) in [4.78, 5) is 0. The Morgan fingerprint density at radius 1 is 1.22 bits per heavy atom. The van der Waals surface area contributed by atoms with Crippen LogP contribution in [0.25, 0.3) is 5.76 Å². The lowest BCUT2D eigenvalue weighted by atomic mass is 9.77. The van der Waals surface area contributed by atoms with Gasteiger partial charge in [0.05, 0.1) is 7.11 Å². The molecule has 18 heavy (non-hydrogen) atoms. The van der Waals surface area contributed by atoms with Crippen LogP contribution < -0.4 is 0 Å². The van der Waals surface area contributed by atoms with E-state index in [2.05, 4.69) is 27.7 Å². The van der Waals surface area contributed by atoms with Crippen molar-refractivity contribution in [2.24, 2.45) is 5.92 Å². The van der Waals surface area contributed by atoms with Gasteiger partial charge >= 0.3 is 0 Å². The topological polar surface area (TPSA) is 29.5 Å². The van der Waals surface area contributed by atoms with E-state index in [0.29, 0.717) is 11.7 Å². The molecule has 0 saturated heterocycles. The fourth-order valence-corrected chi connectivity index (χ4v) is 3.32. The lowest BCUT2D eigenvalue weighted by Gasteiger charge is -2.27. The molecule has 0 amide bonds. The number of phenolic OH excluding ortho intramolecular Hbond substituents is 1. The molecule has 1 aliphatic carbocycles. The van der Waals surface area contributed by atoms with E-state index in [9.17, 15) is 5.11 Å². The second-order valence-electron chi connectivity index (χ2n) is 5.91. The molecule has 0 aromatic heterocycles. The lowest BCUT2D eigenvalue weighted by molar-refractivity contribution is 0.361. The molecule has 0 heterocycles. The van der Waals surface area contributed by atoms with Crippen LogP contribution in [-0.2, 0) is 10.2 Å². The molecule has 0 saturated carbocycles. The molecule has 2 nitrogen and oxygen atoms in total. The van der Waals surface area contributed by atoms with Gasteiger partial charge in [-0.25, -0.2) is 0 Å². The molecule has 0 unspecified atom stereocenters. The van der Waals surface area contributed by atoms with Gasteiger partial charge in [-0.1, -0.05) is 27.7 Å². The van der Waals surface area contributed by atoms with Gasteiger partial charge in [0, 0.05) is 11.0 Å². The highest BCUT2D eigenvalue weighted by molar-refractivity contribution is 5.79. The van der Waals surface area contributed by atoms with Crippen LogP contribution >= 0.6 is 0 Å². The summed E-state index contributed by atoms with van der Waals surface area (Å²) in [6.45, 7) is 10.8. The lowest BCUT2D eigenvalue weighted by Crippen LogP contribution is -2.20. The maximum absolute atomic E-state index is 9.83. The first-order valence-electron chi connectivity index (χ1n) is 6.43. The van der Waals surface area contributed by atoms with Crippen molar-refractivity contribution in [3.05, 3.63) is 34.4 Å². The quantitative estimate of drug-likeness (QED) is 0.854. The summed E-state index contributed by atoms with van der Waals surface area (Å²) in [6, 6.07) is 3.67. The maximum Gasteiger partial charge on any atom is 0.126 e. The predicted molar refractivity (Wildman–Crippen MR) is 74.6 cm³/mol. The number of aryl methyl sites for hydroxylation is 1. The molecule has 0 radical (unpaired) electrons. The van der Waals surface area contributed by atoms with Gasteiger partial charge in [0.15, 0.2) is 0 Å². The van der Waals surface area contributed by atoms with Crippen LogP contribution in [0.15, 0.2) is 17.7 Å². The average Bonchev–Trinajstić information content (AvgIpc) is 2.46. The standard InChI is InChI=1S/C16H22O2/c1-9(2)14-15(18-6)13-10(3)7-11(17)8-12(13)16(14,4)5/h7-9,17H,1-6H3. The summed E-state index contributed by atoms with van der Waals surface area (Å²) >= 11 is 0. The molecule has 0 spiro atoms. The molecule has 2 heteroatoms. The molecular weight excluding hydrogens is 224 g/mol. The van der Waals surface area contributed by atoms with Gasteiger partial charge in [-0.15, -0.1) is 0 Å². The van der Waals surface area contributed by atoms with Crippen LogP contribution in [0.4, 0.5) is 0 Å². The van der Waals surface area contributed by atoms with Crippen molar-refractivity contribution in [1.29, 1.82) is 0 Å². The minimum atomic E-state index is -0.0850. The van der Waals surface area contributed by atoms with Crippen LogP contribution in [0, 0.1) is 12.8 Å². The monoisotopic (exact) mass is 246 g/mol. The minimum Gasteiger partial charge on any atom is -0.508 e. The van der Waals surface area contributed by atoms with Crippen LogP contribution in [0.5, 0.6) is 5.75 Å².